The fourth-order valence-corrected chi connectivity index (χ4v) is 0.564. The van der Waals surface area contributed by atoms with Crippen LogP contribution in [0.3, 0.4) is 0 Å². The number of halogens is 7. The molecule has 0 aromatic rings. The lowest BCUT2D eigenvalue weighted by molar-refractivity contribution is -0.211. The molecule has 1 atom stereocenters. The highest BCUT2D eigenvalue weighted by Gasteiger charge is 2.53. The van der Waals surface area contributed by atoms with Crippen molar-refractivity contribution in [1.82, 2.24) is 0 Å². The first kappa shape index (κ1) is 12.2. The van der Waals surface area contributed by atoms with E-state index in [9.17, 15) is 35.5 Å². The molecular weight excluding hydrogens is 209 g/mol. The van der Waals surface area contributed by atoms with Crippen molar-refractivity contribution in [2.24, 2.45) is 5.92 Å². The van der Waals surface area contributed by atoms with Crippen LogP contribution in [0.1, 0.15) is 0 Å². The highest BCUT2D eigenvalue weighted by Crippen LogP contribution is 2.33. The molecule has 1 unspecified atom stereocenters. The summed E-state index contributed by atoms with van der Waals surface area (Å²) in [6.07, 6.45) is -13.8. The number of ketones is 1. The number of carbonyl (C=O) groups is 1. The molecule has 0 saturated carbocycles. The molecule has 78 valence electrons. The molecule has 0 spiro atoms. The zero-order chi connectivity index (χ0) is 10.8. The summed E-state index contributed by atoms with van der Waals surface area (Å²) in [6.45, 7) is 0. The molecule has 13 heavy (non-hydrogen) atoms. The molecule has 0 aliphatic carbocycles. The average molecular weight is 212 g/mol. The third-order valence-corrected chi connectivity index (χ3v) is 1.13. The van der Waals surface area contributed by atoms with Crippen LogP contribution in [-0.2, 0) is 4.79 Å². The molecule has 0 saturated heterocycles. The Morgan fingerprint density at radius 1 is 1.00 bits per heavy atom. The van der Waals surface area contributed by atoms with Crippen molar-refractivity contribution in [3.05, 3.63) is 0 Å². The van der Waals surface area contributed by atoms with Crippen LogP contribution < -0.4 is 0 Å². The van der Waals surface area contributed by atoms with E-state index in [1.165, 1.54) is 0 Å². The van der Waals surface area contributed by atoms with Crippen LogP contribution >= 0.6 is 0 Å². The summed E-state index contributed by atoms with van der Waals surface area (Å²) in [6, 6.07) is 0. The number of hydrogen-bond donors (Lipinski definition) is 0. The van der Waals surface area contributed by atoms with E-state index in [1.807, 2.05) is 0 Å². The molecule has 0 rings (SSSR count). The van der Waals surface area contributed by atoms with Crippen LogP contribution in [0.2, 0.25) is 0 Å². The number of Topliss-reactive ketones (excluding diaryl/α,β-unsaturated/α-hetero) is 1. The van der Waals surface area contributed by atoms with Gasteiger partial charge in [0, 0.05) is 0 Å². The number of alkyl halides is 7. The largest absolute Gasteiger partial charge is 0.404 e. The van der Waals surface area contributed by atoms with Crippen LogP contribution in [0, 0.1) is 5.92 Å². The Morgan fingerprint density at radius 3 is 1.46 bits per heavy atom. The van der Waals surface area contributed by atoms with Gasteiger partial charge in [0.05, 0.1) is 0 Å². The van der Waals surface area contributed by atoms with Gasteiger partial charge in [0.1, 0.15) is 0 Å². The van der Waals surface area contributed by atoms with Crippen LogP contribution in [0.4, 0.5) is 30.7 Å². The minimum absolute atomic E-state index is 2.80. The van der Waals surface area contributed by atoms with Gasteiger partial charge in [-0.05, 0) is 0 Å². The Balaban J connectivity index is 4.73. The maximum absolute atomic E-state index is 11.5. The SMILES string of the molecule is O=C(C(F)F)C(C(F)F)C(F)(F)F. The van der Waals surface area contributed by atoms with Gasteiger partial charge in [0.2, 0.25) is 5.78 Å². The maximum Gasteiger partial charge on any atom is 0.404 e. The highest BCUT2D eigenvalue weighted by molar-refractivity contribution is 5.85. The maximum atomic E-state index is 11.5. The van der Waals surface area contributed by atoms with Crippen molar-refractivity contribution in [2.45, 2.75) is 19.0 Å². The summed E-state index contributed by atoms with van der Waals surface area (Å²) in [5.41, 5.74) is 0. The predicted octanol–water partition coefficient (Wildman–Crippen LogP) is 2.26. The second-order valence-corrected chi connectivity index (χ2v) is 2.06. The number of carbonyl (C=O) groups excluding carboxylic acids is 1. The van der Waals surface area contributed by atoms with Gasteiger partial charge in [0.25, 0.3) is 12.9 Å². The molecule has 0 amide bonds. The summed E-state index contributed by atoms with van der Waals surface area (Å²) in [7, 11) is 0. The molecule has 1 nitrogen and oxygen atoms in total. The predicted molar refractivity (Wildman–Crippen MR) is 26.6 cm³/mol. The van der Waals surface area contributed by atoms with Crippen LogP contribution in [0.25, 0.3) is 0 Å². The summed E-state index contributed by atoms with van der Waals surface area (Å²) in [5.74, 6) is -6.70. The van der Waals surface area contributed by atoms with Gasteiger partial charge in [0.15, 0.2) is 5.92 Å². The Hall–Kier alpha value is -0.820. The lowest BCUT2D eigenvalue weighted by atomic mass is 10.1. The molecule has 8 heteroatoms. The van der Waals surface area contributed by atoms with Gasteiger partial charge in [-0.3, -0.25) is 4.79 Å². The first-order valence-electron chi connectivity index (χ1n) is 2.84. The van der Waals surface area contributed by atoms with Gasteiger partial charge in [-0.2, -0.15) is 13.2 Å². The third kappa shape index (κ3) is 3.19. The molecule has 0 aromatic carbocycles. The topological polar surface area (TPSA) is 17.1 Å². The van der Waals surface area contributed by atoms with Crippen LogP contribution in [0.5, 0.6) is 0 Å². The fraction of sp³-hybridized carbons (Fsp3) is 0.800. The summed E-state index contributed by atoms with van der Waals surface area (Å²) in [5, 5.41) is 0. The fourth-order valence-electron chi connectivity index (χ4n) is 0.564. The monoisotopic (exact) mass is 212 g/mol. The van der Waals surface area contributed by atoms with Crippen LogP contribution in [0.15, 0.2) is 0 Å². The average Bonchev–Trinajstić information content (AvgIpc) is 1.82. The normalized spacial score (nSPS) is 15.2. The Labute approximate surface area is 67.5 Å². The molecular formula is C5H3F7O. The van der Waals surface area contributed by atoms with E-state index in [2.05, 4.69) is 0 Å². The van der Waals surface area contributed by atoms with Gasteiger partial charge in [-0.15, -0.1) is 0 Å². The second-order valence-electron chi connectivity index (χ2n) is 2.06. The molecule has 0 aromatic heterocycles. The molecule has 0 heterocycles. The van der Waals surface area contributed by atoms with E-state index in [-0.39, 0.29) is 0 Å². The molecule has 0 aliphatic rings. The van der Waals surface area contributed by atoms with Crippen molar-refractivity contribution in [2.75, 3.05) is 0 Å². The lowest BCUT2D eigenvalue weighted by Crippen LogP contribution is -2.39. The molecule has 0 radical (unpaired) electrons. The van der Waals surface area contributed by atoms with E-state index in [0.29, 0.717) is 0 Å². The van der Waals surface area contributed by atoms with E-state index in [4.69, 9.17) is 0 Å². The zero-order valence-electron chi connectivity index (χ0n) is 5.79. The van der Waals surface area contributed by atoms with Crippen molar-refractivity contribution in [3.8, 4) is 0 Å². The summed E-state index contributed by atoms with van der Waals surface area (Å²) >= 11 is 0. The Bertz CT molecular complexity index is 184. The number of hydrogen-bond acceptors (Lipinski definition) is 1. The van der Waals surface area contributed by atoms with E-state index in [1.54, 1.807) is 0 Å². The molecule has 0 fully saturated rings. The summed E-state index contributed by atoms with van der Waals surface area (Å²) < 4.78 is 80.5. The third-order valence-electron chi connectivity index (χ3n) is 1.13. The van der Waals surface area contributed by atoms with E-state index < -0.39 is 30.7 Å². The molecule has 0 aliphatic heterocycles. The van der Waals surface area contributed by atoms with Crippen molar-refractivity contribution < 1.29 is 35.5 Å². The minimum atomic E-state index is -5.64. The first-order valence-corrected chi connectivity index (χ1v) is 2.84. The Morgan fingerprint density at radius 2 is 1.38 bits per heavy atom. The quantitative estimate of drug-likeness (QED) is 0.655. The first-order chi connectivity index (χ1) is 5.68. The standard InChI is InChI=1S/C5H3F7O/c6-3(7)1(5(10,11)12)2(13)4(8)9/h1,3-4H. The van der Waals surface area contributed by atoms with Gasteiger partial charge in [-0.25, -0.2) is 17.6 Å². The molecule has 0 N–H and O–H groups in total. The Kier molecular flexibility index (Phi) is 3.68. The van der Waals surface area contributed by atoms with E-state index >= 15 is 0 Å². The zero-order valence-corrected chi connectivity index (χ0v) is 5.79. The highest BCUT2D eigenvalue weighted by atomic mass is 19.4. The van der Waals surface area contributed by atoms with Crippen molar-refractivity contribution in [3.63, 3.8) is 0 Å². The van der Waals surface area contributed by atoms with Crippen LogP contribution in [-0.4, -0.2) is 24.8 Å². The number of rotatable bonds is 3. The smallest absolute Gasteiger partial charge is 0.292 e. The lowest BCUT2D eigenvalue weighted by Gasteiger charge is -2.17. The van der Waals surface area contributed by atoms with Crippen molar-refractivity contribution in [1.29, 1.82) is 0 Å². The van der Waals surface area contributed by atoms with Gasteiger partial charge >= 0.3 is 6.18 Å². The van der Waals surface area contributed by atoms with Crippen molar-refractivity contribution >= 4 is 5.78 Å². The second kappa shape index (κ2) is 3.93. The van der Waals surface area contributed by atoms with Gasteiger partial charge in [-0.1, -0.05) is 0 Å². The molecule has 0 bridgehead atoms. The summed E-state index contributed by atoms with van der Waals surface area (Å²) in [4.78, 5) is 9.98. The van der Waals surface area contributed by atoms with Gasteiger partial charge < -0.3 is 0 Å². The van der Waals surface area contributed by atoms with E-state index in [0.717, 1.165) is 0 Å². The minimum Gasteiger partial charge on any atom is -0.292 e.